The Morgan fingerprint density at radius 1 is 1.11 bits per heavy atom. The van der Waals surface area contributed by atoms with Gasteiger partial charge in [0.05, 0.1) is 18.7 Å². The lowest BCUT2D eigenvalue weighted by atomic mass is 10.0. The largest absolute Gasteiger partial charge is 0.376 e. The summed E-state index contributed by atoms with van der Waals surface area (Å²) >= 11 is 0. The van der Waals surface area contributed by atoms with Crippen LogP contribution in [0.1, 0.15) is 38.6 Å². The highest BCUT2D eigenvalue weighted by Crippen LogP contribution is 2.29. The molecule has 2 atom stereocenters. The number of halogens is 1. The van der Waals surface area contributed by atoms with Crippen molar-refractivity contribution in [1.29, 1.82) is 0 Å². The Morgan fingerprint density at radius 3 is 2.50 bits per heavy atom. The lowest BCUT2D eigenvalue weighted by molar-refractivity contribution is 0.0865. The summed E-state index contributed by atoms with van der Waals surface area (Å²) in [5, 5.41) is 12.7. The van der Waals surface area contributed by atoms with Crippen molar-refractivity contribution in [1.82, 2.24) is 25.1 Å². The molecule has 2 aliphatic heterocycles. The molecule has 0 spiro atoms. The normalized spacial score (nSPS) is 21.7. The standard InChI is InChI=1S/C20H30N6O.ClH/c1-16(2)19(20-21-22-23-26(20)15-18-9-6-14-27-18)25-12-10-24(11-13-25)17-7-4-3-5-8-17;/h3-5,7-8,16,18-19H,6,9-15H2,1-2H3;1H. The van der Waals surface area contributed by atoms with Gasteiger partial charge in [0.1, 0.15) is 0 Å². The number of aromatic nitrogens is 4. The Kier molecular flexibility index (Phi) is 7.26. The summed E-state index contributed by atoms with van der Waals surface area (Å²) < 4.78 is 7.77. The number of rotatable bonds is 6. The molecule has 2 unspecified atom stereocenters. The van der Waals surface area contributed by atoms with Crippen LogP contribution >= 0.6 is 12.4 Å². The second-order valence-electron chi connectivity index (χ2n) is 7.90. The maximum atomic E-state index is 5.79. The van der Waals surface area contributed by atoms with Crippen molar-refractivity contribution in [2.24, 2.45) is 5.92 Å². The summed E-state index contributed by atoms with van der Waals surface area (Å²) in [6.45, 7) is 10.2. The zero-order valence-corrected chi connectivity index (χ0v) is 17.6. The molecule has 154 valence electrons. The topological polar surface area (TPSA) is 59.3 Å². The third kappa shape index (κ3) is 4.64. The molecule has 7 nitrogen and oxygen atoms in total. The quantitative estimate of drug-likeness (QED) is 0.735. The molecular formula is C20H31ClN6O. The Labute approximate surface area is 173 Å². The molecule has 0 radical (unpaired) electrons. The van der Waals surface area contributed by atoms with Crippen LogP contribution in [0.3, 0.4) is 0 Å². The van der Waals surface area contributed by atoms with Gasteiger partial charge in [-0.3, -0.25) is 4.90 Å². The summed E-state index contributed by atoms with van der Waals surface area (Å²) in [4.78, 5) is 5.00. The van der Waals surface area contributed by atoms with E-state index in [0.717, 1.165) is 58.0 Å². The van der Waals surface area contributed by atoms with E-state index in [2.05, 4.69) is 69.5 Å². The van der Waals surface area contributed by atoms with Gasteiger partial charge in [-0.15, -0.1) is 17.5 Å². The first-order valence-corrected chi connectivity index (χ1v) is 10.1. The van der Waals surface area contributed by atoms with E-state index in [1.54, 1.807) is 0 Å². The van der Waals surface area contributed by atoms with Crippen molar-refractivity contribution in [3.63, 3.8) is 0 Å². The molecule has 2 saturated heterocycles. The molecule has 2 aromatic rings. The number of nitrogens with zero attached hydrogens (tertiary/aromatic N) is 6. The van der Waals surface area contributed by atoms with E-state index < -0.39 is 0 Å². The fourth-order valence-corrected chi connectivity index (χ4v) is 4.31. The minimum atomic E-state index is 0. The second-order valence-corrected chi connectivity index (χ2v) is 7.90. The maximum absolute atomic E-state index is 5.79. The van der Waals surface area contributed by atoms with Crippen molar-refractivity contribution in [2.75, 3.05) is 37.7 Å². The van der Waals surface area contributed by atoms with Crippen molar-refractivity contribution < 1.29 is 4.74 Å². The summed E-state index contributed by atoms with van der Waals surface area (Å²) in [7, 11) is 0. The highest BCUT2D eigenvalue weighted by molar-refractivity contribution is 5.85. The van der Waals surface area contributed by atoms with Crippen LogP contribution in [0.5, 0.6) is 0 Å². The third-order valence-corrected chi connectivity index (χ3v) is 5.69. The summed E-state index contributed by atoms with van der Waals surface area (Å²) in [5.74, 6) is 1.43. The second kappa shape index (κ2) is 9.67. The molecule has 28 heavy (non-hydrogen) atoms. The number of piperazine rings is 1. The van der Waals surface area contributed by atoms with Gasteiger partial charge in [-0.05, 0) is 41.3 Å². The minimum absolute atomic E-state index is 0. The number of ether oxygens (including phenoxy) is 1. The van der Waals surface area contributed by atoms with Gasteiger partial charge >= 0.3 is 0 Å². The van der Waals surface area contributed by atoms with Gasteiger partial charge in [-0.1, -0.05) is 32.0 Å². The highest BCUT2D eigenvalue weighted by Gasteiger charge is 2.32. The van der Waals surface area contributed by atoms with Crippen LogP contribution in [-0.4, -0.2) is 64.0 Å². The zero-order valence-electron chi connectivity index (χ0n) is 16.8. The predicted molar refractivity (Wildman–Crippen MR) is 112 cm³/mol. The Morgan fingerprint density at radius 2 is 1.86 bits per heavy atom. The predicted octanol–water partition coefficient (Wildman–Crippen LogP) is 2.79. The molecule has 4 rings (SSSR count). The first kappa shape index (κ1) is 21.0. The van der Waals surface area contributed by atoms with Gasteiger partial charge in [0, 0.05) is 38.5 Å². The van der Waals surface area contributed by atoms with Gasteiger partial charge in [0.15, 0.2) is 5.82 Å². The number of benzene rings is 1. The van der Waals surface area contributed by atoms with Crippen molar-refractivity contribution in [2.45, 2.75) is 45.4 Å². The molecule has 3 heterocycles. The smallest absolute Gasteiger partial charge is 0.168 e. The number of tetrazole rings is 1. The van der Waals surface area contributed by atoms with E-state index in [-0.39, 0.29) is 24.6 Å². The van der Waals surface area contributed by atoms with Gasteiger partial charge in [0.2, 0.25) is 0 Å². The van der Waals surface area contributed by atoms with Crippen LogP contribution in [0.2, 0.25) is 0 Å². The van der Waals surface area contributed by atoms with Crippen LogP contribution < -0.4 is 4.90 Å². The van der Waals surface area contributed by atoms with E-state index in [0.29, 0.717) is 5.92 Å². The van der Waals surface area contributed by atoms with Crippen LogP contribution in [0.25, 0.3) is 0 Å². The van der Waals surface area contributed by atoms with Gasteiger partial charge in [0.25, 0.3) is 0 Å². The van der Waals surface area contributed by atoms with E-state index in [1.807, 2.05) is 4.68 Å². The van der Waals surface area contributed by atoms with Crippen molar-refractivity contribution >= 4 is 18.1 Å². The lowest BCUT2D eigenvalue weighted by Crippen LogP contribution is -2.49. The molecule has 2 fully saturated rings. The Balaban J connectivity index is 0.00000225. The Hall–Kier alpha value is -1.70. The fourth-order valence-electron chi connectivity index (χ4n) is 4.31. The molecule has 1 aromatic carbocycles. The number of hydrogen-bond donors (Lipinski definition) is 0. The zero-order chi connectivity index (χ0) is 18.6. The highest BCUT2D eigenvalue weighted by atomic mass is 35.5. The summed E-state index contributed by atoms with van der Waals surface area (Å²) in [5.41, 5.74) is 1.31. The van der Waals surface area contributed by atoms with Gasteiger partial charge in [-0.25, -0.2) is 4.68 Å². The SMILES string of the molecule is CC(C)C(c1nnnn1CC1CCCO1)N1CCN(c2ccccc2)CC1.Cl. The average molecular weight is 407 g/mol. The molecular weight excluding hydrogens is 376 g/mol. The van der Waals surface area contributed by atoms with Crippen LogP contribution in [0.4, 0.5) is 5.69 Å². The van der Waals surface area contributed by atoms with Crippen LogP contribution in [0, 0.1) is 5.92 Å². The molecule has 0 saturated carbocycles. The number of anilines is 1. The number of para-hydroxylation sites is 1. The van der Waals surface area contributed by atoms with E-state index in [1.165, 1.54) is 5.69 Å². The van der Waals surface area contributed by atoms with Crippen LogP contribution in [0.15, 0.2) is 30.3 Å². The minimum Gasteiger partial charge on any atom is -0.376 e. The van der Waals surface area contributed by atoms with Gasteiger partial charge in [-0.2, -0.15) is 0 Å². The van der Waals surface area contributed by atoms with E-state index in [9.17, 15) is 0 Å². The summed E-state index contributed by atoms with van der Waals surface area (Å²) in [6, 6.07) is 10.9. The molecule has 0 aliphatic carbocycles. The van der Waals surface area contributed by atoms with E-state index >= 15 is 0 Å². The van der Waals surface area contributed by atoms with E-state index in [4.69, 9.17) is 4.74 Å². The Bertz CT molecular complexity index is 710. The lowest BCUT2D eigenvalue weighted by Gasteiger charge is -2.41. The maximum Gasteiger partial charge on any atom is 0.168 e. The molecule has 0 N–H and O–H groups in total. The monoisotopic (exact) mass is 406 g/mol. The third-order valence-electron chi connectivity index (χ3n) is 5.69. The first-order valence-electron chi connectivity index (χ1n) is 10.1. The molecule has 1 aromatic heterocycles. The first-order chi connectivity index (χ1) is 13.2. The number of hydrogen-bond acceptors (Lipinski definition) is 6. The fraction of sp³-hybridized carbons (Fsp3) is 0.650. The summed E-state index contributed by atoms with van der Waals surface area (Å²) in [6.07, 6.45) is 2.48. The van der Waals surface area contributed by atoms with Crippen molar-refractivity contribution in [3.05, 3.63) is 36.2 Å². The molecule has 0 bridgehead atoms. The van der Waals surface area contributed by atoms with Crippen LogP contribution in [-0.2, 0) is 11.3 Å². The molecule has 0 amide bonds. The van der Waals surface area contributed by atoms with Gasteiger partial charge < -0.3 is 9.64 Å². The molecule has 2 aliphatic rings. The average Bonchev–Trinajstić information content (AvgIpc) is 3.36. The molecule has 8 heteroatoms. The van der Waals surface area contributed by atoms with Crippen molar-refractivity contribution in [3.8, 4) is 0 Å².